The summed E-state index contributed by atoms with van der Waals surface area (Å²) in [6.45, 7) is -0.718. The summed E-state index contributed by atoms with van der Waals surface area (Å²) < 4.78 is 85.0. The van der Waals surface area contributed by atoms with E-state index in [0.29, 0.717) is 17.0 Å². The molecule has 1 aromatic heterocycles. The first-order valence-corrected chi connectivity index (χ1v) is 13.2. The molecule has 1 fully saturated rings. The van der Waals surface area contributed by atoms with E-state index >= 15 is 0 Å². The van der Waals surface area contributed by atoms with Crippen molar-refractivity contribution < 1.29 is 45.3 Å². The van der Waals surface area contributed by atoms with Crippen LogP contribution >= 0.6 is 35.0 Å². The van der Waals surface area contributed by atoms with Crippen molar-refractivity contribution in [3.63, 3.8) is 0 Å². The van der Waals surface area contributed by atoms with Gasteiger partial charge in [0.1, 0.15) is 35.5 Å². The lowest BCUT2D eigenvalue weighted by Crippen LogP contribution is -2.56. The fourth-order valence-corrected chi connectivity index (χ4v) is 5.72. The van der Waals surface area contributed by atoms with Gasteiger partial charge in [0.25, 0.3) is 0 Å². The summed E-state index contributed by atoms with van der Waals surface area (Å²) in [6.07, 6.45) is -3.55. The number of hydrogen-bond donors (Lipinski definition) is 3. The molecule has 17 heteroatoms. The van der Waals surface area contributed by atoms with E-state index in [1.54, 1.807) is 0 Å². The van der Waals surface area contributed by atoms with Gasteiger partial charge in [-0.1, -0.05) is 40.2 Å². The van der Waals surface area contributed by atoms with E-state index in [4.69, 9.17) is 32.1 Å². The average molecular weight is 602 g/mol. The maximum Gasteiger partial charge on any atom is 0.397 e. The standard InChI is InChI=1S/C20H16Cl2F3N3O7S2/c21-10-2-1-9(5-11(10)22)36-20-19(35-37(31,32)33)17(18(30)15(7-29)34-20)28-6-14(26-27-28)8-3-12(23)16(25)13(24)4-8/h1-6,15,17-20,29-30H,7H2,(H,31,32,33)/t15?,17-,18-,19?,20+/m0/s1. The second kappa shape index (κ2) is 11.0. The number of ether oxygens (including phenoxy) is 1. The Morgan fingerprint density at radius 1 is 1.14 bits per heavy atom. The van der Waals surface area contributed by atoms with Crippen LogP contribution in [0.1, 0.15) is 6.04 Å². The van der Waals surface area contributed by atoms with Crippen LogP contribution < -0.4 is 0 Å². The van der Waals surface area contributed by atoms with E-state index < -0.39 is 64.2 Å². The molecule has 2 heterocycles. The molecule has 10 nitrogen and oxygen atoms in total. The van der Waals surface area contributed by atoms with Crippen molar-refractivity contribution in [3.05, 3.63) is 64.0 Å². The number of rotatable bonds is 7. The monoisotopic (exact) mass is 601 g/mol. The topological polar surface area (TPSA) is 144 Å². The molecule has 3 aromatic rings. The highest BCUT2D eigenvalue weighted by molar-refractivity contribution is 7.99. The van der Waals surface area contributed by atoms with Crippen molar-refractivity contribution in [1.82, 2.24) is 15.0 Å². The van der Waals surface area contributed by atoms with Gasteiger partial charge in [0.05, 0.1) is 22.8 Å². The number of nitrogens with zero attached hydrogens (tertiary/aromatic N) is 3. The Labute approximate surface area is 221 Å². The third kappa shape index (κ3) is 6.21. The number of aromatic nitrogens is 3. The molecule has 1 aliphatic heterocycles. The van der Waals surface area contributed by atoms with Gasteiger partial charge in [-0.2, -0.15) is 8.42 Å². The predicted octanol–water partition coefficient (Wildman–Crippen LogP) is 3.27. The van der Waals surface area contributed by atoms with Crippen LogP contribution in [0.5, 0.6) is 0 Å². The molecule has 3 N–H and O–H groups in total. The third-order valence-corrected chi connectivity index (χ3v) is 7.64. The summed E-state index contributed by atoms with van der Waals surface area (Å²) in [5.41, 5.74) is -1.67. The van der Waals surface area contributed by atoms with Gasteiger partial charge in [-0.15, -0.1) is 5.10 Å². The fraction of sp³-hybridized carbons (Fsp3) is 0.300. The Bertz CT molecular complexity index is 1390. The molecule has 37 heavy (non-hydrogen) atoms. The molecule has 2 aromatic carbocycles. The lowest BCUT2D eigenvalue weighted by atomic mass is 9.97. The van der Waals surface area contributed by atoms with Gasteiger partial charge in [0.2, 0.25) is 0 Å². The second-order valence-corrected chi connectivity index (χ2v) is 10.8. The zero-order valence-electron chi connectivity index (χ0n) is 18.1. The van der Waals surface area contributed by atoms with Gasteiger partial charge in [-0.3, -0.25) is 4.55 Å². The van der Waals surface area contributed by atoms with Crippen molar-refractivity contribution in [2.75, 3.05) is 6.61 Å². The largest absolute Gasteiger partial charge is 0.397 e. The molecule has 1 saturated heterocycles. The highest BCUT2D eigenvalue weighted by Crippen LogP contribution is 2.41. The molecule has 0 saturated carbocycles. The molecule has 4 rings (SSSR count). The second-order valence-electron chi connectivity index (χ2n) is 7.73. The Morgan fingerprint density at radius 3 is 2.41 bits per heavy atom. The fourth-order valence-electron chi connectivity index (χ4n) is 3.64. The van der Waals surface area contributed by atoms with Crippen molar-refractivity contribution in [2.45, 2.75) is 34.7 Å². The molecule has 1 aliphatic rings. The zero-order valence-corrected chi connectivity index (χ0v) is 21.2. The molecule has 0 spiro atoms. The molecule has 0 bridgehead atoms. The van der Waals surface area contributed by atoms with E-state index in [-0.39, 0.29) is 21.3 Å². The lowest BCUT2D eigenvalue weighted by molar-refractivity contribution is -0.172. The van der Waals surface area contributed by atoms with Crippen LogP contribution in [0.4, 0.5) is 13.2 Å². The summed E-state index contributed by atoms with van der Waals surface area (Å²) in [4.78, 5) is 0.423. The van der Waals surface area contributed by atoms with Crippen molar-refractivity contribution in [3.8, 4) is 11.3 Å². The summed E-state index contributed by atoms with van der Waals surface area (Å²) in [5, 5.41) is 28.6. The Hall–Kier alpha value is -1.95. The van der Waals surface area contributed by atoms with Crippen LogP contribution in [0, 0.1) is 17.5 Å². The van der Waals surface area contributed by atoms with Gasteiger partial charge >= 0.3 is 10.4 Å². The third-order valence-electron chi connectivity index (χ3n) is 5.30. The zero-order chi connectivity index (χ0) is 27.1. The van der Waals surface area contributed by atoms with Crippen LogP contribution in [0.3, 0.4) is 0 Å². The van der Waals surface area contributed by atoms with Crippen molar-refractivity contribution >= 4 is 45.4 Å². The van der Waals surface area contributed by atoms with Crippen LogP contribution in [-0.2, 0) is 19.3 Å². The van der Waals surface area contributed by atoms with Gasteiger partial charge in [0.15, 0.2) is 17.5 Å². The predicted molar refractivity (Wildman–Crippen MR) is 125 cm³/mol. The highest BCUT2D eigenvalue weighted by Gasteiger charge is 2.49. The van der Waals surface area contributed by atoms with Crippen LogP contribution in [0.15, 0.2) is 41.4 Å². The number of thioether (sulfide) groups is 1. The molecule has 0 amide bonds. The molecule has 0 radical (unpaired) electrons. The quantitative estimate of drug-likeness (QED) is 0.272. The van der Waals surface area contributed by atoms with Crippen LogP contribution in [-0.4, -0.2) is 68.5 Å². The first-order chi connectivity index (χ1) is 17.4. The highest BCUT2D eigenvalue weighted by atomic mass is 35.5. The van der Waals surface area contributed by atoms with E-state index in [0.717, 1.165) is 22.6 Å². The number of aliphatic hydroxyl groups is 2. The van der Waals surface area contributed by atoms with Gasteiger partial charge in [0, 0.05) is 10.5 Å². The van der Waals surface area contributed by atoms with Crippen LogP contribution in [0.25, 0.3) is 11.3 Å². The van der Waals surface area contributed by atoms with Gasteiger partial charge < -0.3 is 14.9 Å². The van der Waals surface area contributed by atoms with Gasteiger partial charge in [-0.25, -0.2) is 22.0 Å². The molecule has 0 aliphatic carbocycles. The number of halogens is 5. The van der Waals surface area contributed by atoms with Crippen LogP contribution in [0.2, 0.25) is 10.0 Å². The number of aliphatic hydroxyl groups excluding tert-OH is 2. The van der Waals surface area contributed by atoms with Crippen molar-refractivity contribution in [2.24, 2.45) is 0 Å². The average Bonchev–Trinajstić information content (AvgIpc) is 3.30. The molecule has 5 atom stereocenters. The van der Waals surface area contributed by atoms with E-state index in [2.05, 4.69) is 10.3 Å². The summed E-state index contributed by atoms with van der Waals surface area (Å²) >= 11 is 12.8. The maximum atomic E-state index is 13.7. The summed E-state index contributed by atoms with van der Waals surface area (Å²) in [7, 11) is -5.13. The minimum Gasteiger partial charge on any atom is -0.394 e. The summed E-state index contributed by atoms with van der Waals surface area (Å²) in [6, 6.07) is 4.31. The first-order valence-electron chi connectivity index (χ1n) is 10.2. The van der Waals surface area contributed by atoms with E-state index in [1.807, 2.05) is 0 Å². The number of benzene rings is 2. The lowest BCUT2D eigenvalue weighted by Gasteiger charge is -2.42. The minimum absolute atomic E-state index is 0.170. The van der Waals surface area contributed by atoms with E-state index in [1.165, 1.54) is 18.2 Å². The molecular formula is C20H16Cl2F3N3O7S2. The first kappa shape index (κ1) is 28.1. The number of hydrogen-bond acceptors (Lipinski definition) is 9. The minimum atomic E-state index is -5.13. The SMILES string of the molecule is O=S(=O)(O)OC1[C@@H](Sc2ccc(Cl)c(Cl)c2)OC(CO)[C@H](O)[C@@H]1n1cc(-c2cc(F)c(F)c(F)c2)nn1. The molecular weight excluding hydrogens is 586 g/mol. The van der Waals surface area contributed by atoms with Crippen molar-refractivity contribution in [1.29, 1.82) is 0 Å². The molecule has 2 unspecified atom stereocenters. The van der Waals surface area contributed by atoms with E-state index in [9.17, 15) is 36.4 Å². The maximum absolute atomic E-state index is 13.7. The van der Waals surface area contributed by atoms with Gasteiger partial charge in [-0.05, 0) is 30.3 Å². The summed E-state index contributed by atoms with van der Waals surface area (Å²) in [5.74, 6) is -4.66. The smallest absolute Gasteiger partial charge is 0.394 e. The normalized spacial score (nSPS) is 24.4. The Morgan fingerprint density at radius 2 is 1.81 bits per heavy atom. The molecule has 200 valence electrons. The Kier molecular flexibility index (Phi) is 8.37. The Balaban J connectivity index is 1.75.